The highest BCUT2D eigenvalue weighted by atomic mass is 79.9. The normalized spacial score (nSPS) is 25.5. The van der Waals surface area contributed by atoms with Gasteiger partial charge in [0.1, 0.15) is 5.75 Å². The zero-order chi connectivity index (χ0) is 13.4. The lowest BCUT2D eigenvalue weighted by Crippen LogP contribution is -2.38. The molecule has 2 aliphatic heterocycles. The Morgan fingerprint density at radius 1 is 1.37 bits per heavy atom. The summed E-state index contributed by atoms with van der Waals surface area (Å²) in [5, 5.41) is 7.93. The number of fused-ring (bicyclic) bond motifs is 1. The number of hydrogen-bond acceptors (Lipinski definition) is 4. The Balaban J connectivity index is 1.99. The van der Waals surface area contributed by atoms with Crippen LogP contribution in [0.15, 0.2) is 26.2 Å². The van der Waals surface area contributed by atoms with Crippen molar-refractivity contribution in [2.75, 3.05) is 20.2 Å². The van der Waals surface area contributed by atoms with Gasteiger partial charge in [-0.2, -0.15) is 5.10 Å². The summed E-state index contributed by atoms with van der Waals surface area (Å²) in [4.78, 5) is 0. The zero-order valence-electron chi connectivity index (χ0n) is 10.5. The lowest BCUT2D eigenvalue weighted by Gasteiger charge is -2.26. The lowest BCUT2D eigenvalue weighted by molar-refractivity contribution is 0.384. The van der Waals surface area contributed by atoms with Gasteiger partial charge >= 0.3 is 0 Å². The number of nitrogens with zero attached hydrogens (tertiary/aromatic N) is 1. The molecule has 1 aromatic rings. The predicted octanol–water partition coefficient (Wildman–Crippen LogP) is 2.83. The van der Waals surface area contributed by atoms with E-state index in [1.807, 2.05) is 6.07 Å². The molecule has 0 aromatic heterocycles. The number of ether oxygens (including phenoxy) is 1. The summed E-state index contributed by atoms with van der Waals surface area (Å²) in [7, 11) is 1.70. The maximum atomic E-state index is 5.54. The molecule has 19 heavy (non-hydrogen) atoms. The number of rotatable bonds is 2. The maximum absolute atomic E-state index is 5.54. The predicted molar refractivity (Wildman–Crippen MR) is 82.7 cm³/mol. The Kier molecular flexibility index (Phi) is 3.82. The molecule has 6 heteroatoms. The van der Waals surface area contributed by atoms with Gasteiger partial charge in [0, 0.05) is 41.2 Å². The smallest absolute Gasteiger partial charge is 0.138 e. The van der Waals surface area contributed by atoms with Crippen molar-refractivity contribution < 1.29 is 4.74 Å². The van der Waals surface area contributed by atoms with Crippen LogP contribution in [0.25, 0.3) is 0 Å². The second kappa shape index (κ2) is 5.42. The third-order valence-electron chi connectivity index (χ3n) is 3.68. The second-order valence-electron chi connectivity index (χ2n) is 4.78. The van der Waals surface area contributed by atoms with Crippen molar-refractivity contribution in [1.29, 1.82) is 0 Å². The van der Waals surface area contributed by atoms with Gasteiger partial charge in [-0.05, 0) is 28.1 Å². The molecule has 0 aliphatic carbocycles. The molecule has 0 radical (unpaired) electrons. The number of hydrogen-bond donors (Lipinski definition) is 2. The number of hydrazone groups is 1. The van der Waals surface area contributed by atoms with E-state index in [0.717, 1.165) is 39.8 Å². The van der Waals surface area contributed by atoms with Crippen molar-refractivity contribution in [3.63, 3.8) is 0 Å². The van der Waals surface area contributed by atoms with Crippen LogP contribution < -0.4 is 15.5 Å². The van der Waals surface area contributed by atoms with Gasteiger partial charge in [-0.3, -0.25) is 0 Å². The monoisotopic (exact) mass is 387 g/mol. The van der Waals surface area contributed by atoms with E-state index in [-0.39, 0.29) is 6.04 Å². The summed E-state index contributed by atoms with van der Waals surface area (Å²) in [5.74, 6) is 1.28. The number of benzene rings is 1. The fraction of sp³-hybridized carbons (Fsp3) is 0.462. The molecule has 0 saturated carbocycles. The summed E-state index contributed by atoms with van der Waals surface area (Å²) in [6.45, 7) is 1.98. The highest BCUT2D eigenvalue weighted by Crippen LogP contribution is 2.40. The largest absolute Gasteiger partial charge is 0.495 e. The summed E-state index contributed by atoms with van der Waals surface area (Å²) in [6.07, 6.45) is 1.02. The van der Waals surface area contributed by atoms with Crippen LogP contribution in [0.5, 0.6) is 5.75 Å². The quantitative estimate of drug-likeness (QED) is 0.818. The molecular formula is C13H15Br2N3O. The fourth-order valence-corrected chi connectivity index (χ4v) is 4.20. The number of piperidine rings is 1. The minimum absolute atomic E-state index is 0.173. The van der Waals surface area contributed by atoms with Crippen LogP contribution in [0.4, 0.5) is 0 Å². The molecule has 4 nitrogen and oxygen atoms in total. The summed E-state index contributed by atoms with van der Waals surface area (Å²) >= 11 is 7.10. The average molecular weight is 389 g/mol. The van der Waals surface area contributed by atoms with Gasteiger partial charge in [0.05, 0.1) is 17.6 Å². The SMILES string of the molecule is COc1c(Br)cc(Br)cc1C1NN=C2CCNCC21. The van der Waals surface area contributed by atoms with Gasteiger partial charge in [-0.25, -0.2) is 0 Å². The van der Waals surface area contributed by atoms with Crippen LogP contribution in [0.3, 0.4) is 0 Å². The van der Waals surface area contributed by atoms with E-state index in [2.05, 4.69) is 53.8 Å². The molecule has 0 bridgehead atoms. The first-order chi connectivity index (χ1) is 9.20. The molecule has 2 N–H and O–H groups in total. The lowest BCUT2D eigenvalue weighted by atomic mass is 9.87. The van der Waals surface area contributed by atoms with E-state index in [1.165, 1.54) is 5.71 Å². The molecule has 0 spiro atoms. The van der Waals surface area contributed by atoms with Crippen molar-refractivity contribution in [3.8, 4) is 5.75 Å². The first-order valence-electron chi connectivity index (χ1n) is 6.26. The van der Waals surface area contributed by atoms with Crippen molar-refractivity contribution in [1.82, 2.24) is 10.7 Å². The summed E-state index contributed by atoms with van der Waals surface area (Å²) < 4.78 is 7.54. The average Bonchev–Trinajstić information content (AvgIpc) is 2.81. The van der Waals surface area contributed by atoms with Crippen LogP contribution in [0.2, 0.25) is 0 Å². The number of halogens is 2. The Morgan fingerprint density at radius 3 is 3.00 bits per heavy atom. The Labute approximate surface area is 129 Å². The van der Waals surface area contributed by atoms with Crippen LogP contribution in [-0.4, -0.2) is 25.9 Å². The molecule has 2 aliphatic rings. The molecule has 1 aromatic carbocycles. The molecular weight excluding hydrogens is 374 g/mol. The molecule has 2 heterocycles. The van der Waals surface area contributed by atoms with Crippen LogP contribution in [0, 0.1) is 5.92 Å². The standard InChI is InChI=1S/C13H15Br2N3O/c1-19-13-8(4-7(14)5-10(13)15)12-9-6-16-3-2-11(9)17-18-12/h4-5,9,12,16,18H,2-3,6H2,1H3. The van der Waals surface area contributed by atoms with Crippen molar-refractivity contribution >= 4 is 37.6 Å². The zero-order valence-corrected chi connectivity index (χ0v) is 13.7. The Hall–Kier alpha value is -0.590. The van der Waals surface area contributed by atoms with E-state index in [9.17, 15) is 0 Å². The first-order valence-corrected chi connectivity index (χ1v) is 7.85. The van der Waals surface area contributed by atoms with Crippen molar-refractivity contribution in [2.45, 2.75) is 12.5 Å². The molecule has 2 unspecified atom stereocenters. The first kappa shape index (κ1) is 13.4. The van der Waals surface area contributed by atoms with Gasteiger partial charge in [0.25, 0.3) is 0 Å². The number of methoxy groups -OCH3 is 1. The van der Waals surface area contributed by atoms with Crippen LogP contribution >= 0.6 is 31.9 Å². The third-order valence-corrected chi connectivity index (χ3v) is 4.72. The van der Waals surface area contributed by atoms with Crippen LogP contribution in [0.1, 0.15) is 18.0 Å². The van der Waals surface area contributed by atoms with Crippen molar-refractivity contribution in [3.05, 3.63) is 26.6 Å². The van der Waals surface area contributed by atoms with Crippen molar-refractivity contribution in [2.24, 2.45) is 11.0 Å². The molecule has 102 valence electrons. The maximum Gasteiger partial charge on any atom is 0.138 e. The van der Waals surface area contributed by atoms with E-state index in [4.69, 9.17) is 4.74 Å². The number of nitrogens with one attached hydrogen (secondary N) is 2. The molecule has 1 saturated heterocycles. The van der Waals surface area contributed by atoms with E-state index < -0.39 is 0 Å². The minimum Gasteiger partial charge on any atom is -0.495 e. The Morgan fingerprint density at radius 2 is 2.21 bits per heavy atom. The summed E-state index contributed by atoms with van der Waals surface area (Å²) in [5.41, 5.74) is 5.67. The second-order valence-corrected chi connectivity index (χ2v) is 6.55. The van der Waals surface area contributed by atoms with Gasteiger partial charge in [0.15, 0.2) is 0 Å². The fourth-order valence-electron chi connectivity index (χ4n) is 2.78. The van der Waals surface area contributed by atoms with E-state index in [1.54, 1.807) is 7.11 Å². The topological polar surface area (TPSA) is 45.6 Å². The Bertz CT molecular complexity index is 533. The molecule has 1 fully saturated rings. The van der Waals surface area contributed by atoms with Gasteiger partial charge in [0.2, 0.25) is 0 Å². The third kappa shape index (κ3) is 2.41. The van der Waals surface area contributed by atoms with E-state index in [0.29, 0.717) is 5.92 Å². The highest BCUT2D eigenvalue weighted by Gasteiger charge is 2.36. The molecule has 2 atom stereocenters. The van der Waals surface area contributed by atoms with Crippen LogP contribution in [-0.2, 0) is 0 Å². The molecule has 3 rings (SSSR count). The van der Waals surface area contributed by atoms with E-state index >= 15 is 0 Å². The summed E-state index contributed by atoms with van der Waals surface area (Å²) in [6, 6.07) is 4.28. The van der Waals surface area contributed by atoms with Gasteiger partial charge in [-0.15, -0.1) is 0 Å². The molecule has 0 amide bonds. The van der Waals surface area contributed by atoms with Gasteiger partial charge < -0.3 is 15.5 Å². The minimum atomic E-state index is 0.173. The van der Waals surface area contributed by atoms with Gasteiger partial charge in [-0.1, -0.05) is 15.9 Å². The highest BCUT2D eigenvalue weighted by molar-refractivity contribution is 9.11.